The van der Waals surface area contributed by atoms with Crippen molar-refractivity contribution in [1.82, 2.24) is 4.98 Å². The number of halogens is 4. The van der Waals surface area contributed by atoms with Gasteiger partial charge in [-0.2, -0.15) is 18.2 Å². The summed E-state index contributed by atoms with van der Waals surface area (Å²) in [7, 11) is 0. The second-order valence-corrected chi connectivity index (χ2v) is 3.40. The molecule has 0 radical (unpaired) electrons. The average molecular weight is 271 g/mol. The molecule has 0 aliphatic carbocycles. The molecule has 0 spiro atoms. The zero-order valence-electron chi connectivity index (χ0n) is 8.36. The molecule has 0 saturated carbocycles. The molecule has 0 fully saturated rings. The van der Waals surface area contributed by atoms with Gasteiger partial charge in [-0.3, -0.25) is 10.1 Å². The summed E-state index contributed by atoms with van der Waals surface area (Å²) in [6.07, 6.45) is -6.86. The highest BCUT2D eigenvalue weighted by Crippen LogP contribution is 2.30. The Morgan fingerprint density at radius 3 is 2.59 bits per heavy atom. The quantitative estimate of drug-likeness (QED) is 0.481. The monoisotopic (exact) mass is 270 g/mol. The van der Waals surface area contributed by atoms with E-state index in [2.05, 4.69) is 9.72 Å². The van der Waals surface area contributed by atoms with Crippen molar-refractivity contribution in [3.63, 3.8) is 0 Å². The third kappa shape index (κ3) is 3.45. The highest BCUT2D eigenvalue weighted by Gasteiger charge is 2.39. The third-order valence-electron chi connectivity index (χ3n) is 1.75. The van der Waals surface area contributed by atoms with Crippen molar-refractivity contribution < 1.29 is 22.8 Å². The van der Waals surface area contributed by atoms with Crippen LogP contribution in [-0.4, -0.2) is 22.2 Å². The Morgan fingerprint density at radius 1 is 1.53 bits per heavy atom. The molecule has 0 bridgehead atoms. The molecule has 17 heavy (non-hydrogen) atoms. The fourth-order valence-corrected chi connectivity index (χ4v) is 1.01. The van der Waals surface area contributed by atoms with Crippen molar-refractivity contribution in [3.05, 3.63) is 27.4 Å². The van der Waals surface area contributed by atoms with Crippen LogP contribution in [0.2, 0.25) is 5.15 Å². The zero-order chi connectivity index (χ0) is 13.2. The molecule has 0 aliphatic rings. The fourth-order valence-electron chi connectivity index (χ4n) is 0.870. The molecule has 1 atom stereocenters. The van der Waals surface area contributed by atoms with E-state index >= 15 is 0 Å². The molecule has 0 amide bonds. The molecule has 0 aromatic carbocycles. The molecule has 1 heterocycles. The van der Waals surface area contributed by atoms with Gasteiger partial charge in [0.15, 0.2) is 6.10 Å². The highest BCUT2D eigenvalue weighted by molar-refractivity contribution is 6.29. The van der Waals surface area contributed by atoms with E-state index < -0.39 is 28.8 Å². The number of alkyl halides is 3. The lowest BCUT2D eigenvalue weighted by Gasteiger charge is -2.16. The van der Waals surface area contributed by atoms with Crippen LogP contribution in [0.5, 0.6) is 5.88 Å². The van der Waals surface area contributed by atoms with Gasteiger partial charge in [-0.15, -0.1) is 0 Å². The predicted octanol–water partition coefficient (Wildman–Crippen LogP) is 2.97. The Labute approximate surface area is 98.3 Å². The first-order valence-electron chi connectivity index (χ1n) is 4.26. The van der Waals surface area contributed by atoms with Crippen LogP contribution in [0, 0.1) is 10.1 Å². The molecule has 9 heteroatoms. The lowest BCUT2D eigenvalue weighted by atomic mass is 10.4. The van der Waals surface area contributed by atoms with Crippen molar-refractivity contribution >= 4 is 17.3 Å². The molecule has 1 aromatic rings. The maximum Gasteiger partial charge on any atom is 0.425 e. The van der Waals surface area contributed by atoms with Crippen LogP contribution in [0.3, 0.4) is 0 Å². The van der Waals surface area contributed by atoms with Crippen molar-refractivity contribution in [2.75, 3.05) is 0 Å². The molecule has 5 nitrogen and oxygen atoms in total. The van der Waals surface area contributed by atoms with E-state index in [1.54, 1.807) is 0 Å². The van der Waals surface area contributed by atoms with Gasteiger partial charge in [-0.05, 0) is 13.0 Å². The summed E-state index contributed by atoms with van der Waals surface area (Å²) < 4.78 is 41.0. The fraction of sp³-hybridized carbons (Fsp3) is 0.375. The van der Waals surface area contributed by atoms with Crippen molar-refractivity contribution in [2.45, 2.75) is 19.2 Å². The normalized spacial score (nSPS) is 13.2. The number of nitro groups is 1. The minimum absolute atomic E-state index is 0.194. The summed E-state index contributed by atoms with van der Waals surface area (Å²) >= 11 is 5.42. The van der Waals surface area contributed by atoms with E-state index in [0.29, 0.717) is 6.92 Å². The van der Waals surface area contributed by atoms with Crippen molar-refractivity contribution in [2.24, 2.45) is 0 Å². The summed E-state index contributed by atoms with van der Waals surface area (Å²) in [5.41, 5.74) is -0.675. The maximum absolute atomic E-state index is 12.2. The summed E-state index contributed by atoms with van der Waals surface area (Å²) in [4.78, 5) is 13.0. The SMILES string of the molecule is CC(Oc1nc(Cl)ccc1[N+](=O)[O-])C(F)(F)F. The number of hydrogen-bond acceptors (Lipinski definition) is 4. The van der Waals surface area contributed by atoms with E-state index in [0.717, 1.165) is 12.1 Å². The Balaban J connectivity index is 3.04. The molecule has 1 unspecified atom stereocenters. The molecule has 1 rings (SSSR count). The number of aromatic nitrogens is 1. The Bertz CT molecular complexity index is 439. The molecular formula is C8H6ClF3N2O3. The summed E-state index contributed by atoms with van der Waals surface area (Å²) in [5, 5.41) is 10.3. The van der Waals surface area contributed by atoms with E-state index in [-0.39, 0.29) is 5.15 Å². The highest BCUT2D eigenvalue weighted by atomic mass is 35.5. The van der Waals surface area contributed by atoms with Gasteiger partial charge in [-0.25, -0.2) is 0 Å². The molecule has 94 valence electrons. The van der Waals surface area contributed by atoms with Crippen LogP contribution in [-0.2, 0) is 0 Å². The minimum atomic E-state index is -4.64. The summed E-state index contributed by atoms with van der Waals surface area (Å²) in [5.74, 6) is -0.757. The lowest BCUT2D eigenvalue weighted by Crippen LogP contribution is -2.31. The average Bonchev–Trinajstić information content (AvgIpc) is 2.15. The van der Waals surface area contributed by atoms with Crippen LogP contribution in [0.1, 0.15) is 6.92 Å². The molecule has 1 aromatic heterocycles. The maximum atomic E-state index is 12.2. The van der Waals surface area contributed by atoms with Gasteiger partial charge in [0.05, 0.1) is 4.92 Å². The van der Waals surface area contributed by atoms with Crippen molar-refractivity contribution in [3.8, 4) is 5.88 Å². The Morgan fingerprint density at radius 2 is 2.12 bits per heavy atom. The van der Waals surface area contributed by atoms with Crippen LogP contribution in [0.25, 0.3) is 0 Å². The first kappa shape index (κ1) is 13.5. The van der Waals surface area contributed by atoms with Gasteiger partial charge in [0.1, 0.15) is 5.15 Å². The van der Waals surface area contributed by atoms with Crippen molar-refractivity contribution in [1.29, 1.82) is 0 Å². The van der Waals surface area contributed by atoms with Crippen LogP contribution >= 0.6 is 11.6 Å². The van der Waals surface area contributed by atoms with Gasteiger partial charge >= 0.3 is 11.9 Å². The lowest BCUT2D eigenvalue weighted by molar-refractivity contribution is -0.386. The van der Waals surface area contributed by atoms with E-state index in [1.807, 2.05) is 0 Å². The standard InChI is InChI=1S/C8H6ClF3N2O3/c1-4(8(10,11)12)17-7-5(14(15)16)2-3-6(9)13-7/h2-4H,1H3. The predicted molar refractivity (Wildman–Crippen MR) is 52.0 cm³/mol. The summed E-state index contributed by atoms with van der Waals surface area (Å²) in [6, 6.07) is 2.01. The minimum Gasteiger partial charge on any atom is -0.460 e. The van der Waals surface area contributed by atoms with Gasteiger partial charge in [0.25, 0.3) is 5.88 Å². The largest absolute Gasteiger partial charge is 0.460 e. The van der Waals surface area contributed by atoms with Gasteiger partial charge in [0.2, 0.25) is 0 Å². The number of pyridine rings is 1. The Hall–Kier alpha value is -1.57. The third-order valence-corrected chi connectivity index (χ3v) is 1.96. The zero-order valence-corrected chi connectivity index (χ0v) is 9.12. The second-order valence-electron chi connectivity index (χ2n) is 3.02. The molecule has 0 saturated heterocycles. The van der Waals surface area contributed by atoms with E-state index in [9.17, 15) is 23.3 Å². The van der Waals surface area contributed by atoms with Crippen LogP contribution < -0.4 is 4.74 Å². The first-order chi connectivity index (χ1) is 7.71. The van der Waals surface area contributed by atoms with E-state index in [1.165, 1.54) is 0 Å². The van der Waals surface area contributed by atoms with Crippen LogP contribution in [0.4, 0.5) is 18.9 Å². The number of ether oxygens (including phenoxy) is 1. The molecular weight excluding hydrogens is 265 g/mol. The molecule has 0 N–H and O–H groups in total. The summed E-state index contributed by atoms with van der Waals surface area (Å²) in [6.45, 7) is 0.715. The smallest absolute Gasteiger partial charge is 0.425 e. The Kier molecular flexibility index (Phi) is 3.76. The number of hydrogen-bond donors (Lipinski definition) is 0. The first-order valence-corrected chi connectivity index (χ1v) is 4.64. The molecule has 0 aliphatic heterocycles. The topological polar surface area (TPSA) is 65.3 Å². The number of nitrogens with zero attached hydrogens (tertiary/aromatic N) is 2. The van der Waals surface area contributed by atoms with Gasteiger partial charge in [0, 0.05) is 6.07 Å². The van der Waals surface area contributed by atoms with Gasteiger partial charge < -0.3 is 4.74 Å². The number of rotatable bonds is 3. The van der Waals surface area contributed by atoms with E-state index in [4.69, 9.17) is 11.6 Å². The van der Waals surface area contributed by atoms with Gasteiger partial charge in [-0.1, -0.05) is 11.6 Å². The second kappa shape index (κ2) is 4.74. The van der Waals surface area contributed by atoms with Crippen LogP contribution in [0.15, 0.2) is 12.1 Å².